The molecule has 0 aliphatic carbocycles. The van der Waals surface area contributed by atoms with Crippen LogP contribution in [0.2, 0.25) is 0 Å². The third-order valence-corrected chi connectivity index (χ3v) is 4.24. The smallest absolute Gasteiger partial charge is 0.399 e. The molecule has 0 spiro atoms. The van der Waals surface area contributed by atoms with Crippen molar-refractivity contribution in [3.05, 3.63) is 18.1 Å². The molecule has 0 saturated carbocycles. The van der Waals surface area contributed by atoms with E-state index in [4.69, 9.17) is 9.31 Å². The van der Waals surface area contributed by atoms with Gasteiger partial charge in [-0.2, -0.15) is 0 Å². The van der Waals surface area contributed by atoms with E-state index in [0.29, 0.717) is 11.3 Å². The van der Waals surface area contributed by atoms with Gasteiger partial charge in [0.1, 0.15) is 11.6 Å². The van der Waals surface area contributed by atoms with Crippen LogP contribution >= 0.6 is 0 Å². The maximum Gasteiger partial charge on any atom is 0.499 e. The molecule has 0 amide bonds. The van der Waals surface area contributed by atoms with Gasteiger partial charge in [-0.1, -0.05) is 0 Å². The SMILES string of the molecule is CCN(C)c1cc(F)c(B2OC(C)(C)C(C)(C)O2)cn1. The fourth-order valence-electron chi connectivity index (χ4n) is 1.95. The predicted molar refractivity (Wildman–Crippen MR) is 78.9 cm³/mol. The zero-order valence-corrected chi connectivity index (χ0v) is 13.0. The van der Waals surface area contributed by atoms with Crippen molar-refractivity contribution in [2.24, 2.45) is 0 Å². The first-order valence-corrected chi connectivity index (χ1v) is 6.90. The summed E-state index contributed by atoms with van der Waals surface area (Å²) in [6, 6.07) is 1.42. The summed E-state index contributed by atoms with van der Waals surface area (Å²) in [6.07, 6.45) is 1.50. The van der Waals surface area contributed by atoms with Crippen LogP contribution < -0.4 is 10.4 Å². The van der Waals surface area contributed by atoms with Crippen LogP contribution in [0, 0.1) is 5.82 Å². The normalized spacial score (nSPS) is 20.2. The molecule has 0 atom stereocenters. The van der Waals surface area contributed by atoms with Crippen LogP contribution in [0.15, 0.2) is 12.3 Å². The van der Waals surface area contributed by atoms with Gasteiger partial charge in [0.25, 0.3) is 0 Å². The molecule has 110 valence electrons. The molecule has 0 aromatic carbocycles. The van der Waals surface area contributed by atoms with E-state index in [1.165, 1.54) is 12.3 Å². The van der Waals surface area contributed by atoms with Gasteiger partial charge < -0.3 is 14.2 Å². The Bertz CT molecular complexity index is 492. The minimum absolute atomic E-state index is 0.344. The summed E-state index contributed by atoms with van der Waals surface area (Å²) in [7, 11) is 1.16. The van der Waals surface area contributed by atoms with Gasteiger partial charge in [0.2, 0.25) is 0 Å². The van der Waals surface area contributed by atoms with Gasteiger partial charge in [-0.3, -0.25) is 0 Å². The molecular weight excluding hydrogens is 258 g/mol. The lowest BCUT2D eigenvalue weighted by Crippen LogP contribution is -2.41. The van der Waals surface area contributed by atoms with Gasteiger partial charge >= 0.3 is 7.12 Å². The molecule has 0 bridgehead atoms. The second kappa shape index (κ2) is 5.00. The maximum absolute atomic E-state index is 14.3. The van der Waals surface area contributed by atoms with Gasteiger partial charge in [0.05, 0.1) is 11.2 Å². The van der Waals surface area contributed by atoms with Gasteiger partial charge in [0, 0.05) is 31.3 Å². The second-order valence-electron chi connectivity index (χ2n) is 6.17. The van der Waals surface area contributed by atoms with Crippen LogP contribution in [0.25, 0.3) is 0 Å². The summed E-state index contributed by atoms with van der Waals surface area (Å²) >= 11 is 0. The van der Waals surface area contributed by atoms with Crippen molar-refractivity contribution >= 4 is 18.4 Å². The van der Waals surface area contributed by atoms with Crippen molar-refractivity contribution in [2.75, 3.05) is 18.5 Å². The van der Waals surface area contributed by atoms with Gasteiger partial charge in [0.15, 0.2) is 0 Å². The lowest BCUT2D eigenvalue weighted by atomic mass is 9.80. The Balaban J connectivity index is 2.28. The highest BCUT2D eigenvalue weighted by atomic mass is 19.1. The number of pyridine rings is 1. The van der Waals surface area contributed by atoms with Crippen LogP contribution in [0.1, 0.15) is 34.6 Å². The fourth-order valence-corrected chi connectivity index (χ4v) is 1.95. The Morgan fingerprint density at radius 1 is 1.25 bits per heavy atom. The van der Waals surface area contributed by atoms with Crippen molar-refractivity contribution in [2.45, 2.75) is 45.8 Å². The van der Waals surface area contributed by atoms with Crippen molar-refractivity contribution in [3.8, 4) is 0 Å². The first kappa shape index (κ1) is 15.3. The molecule has 1 aromatic rings. The lowest BCUT2D eigenvalue weighted by Gasteiger charge is -2.32. The molecule has 0 N–H and O–H groups in total. The first-order chi connectivity index (χ1) is 9.18. The quantitative estimate of drug-likeness (QED) is 0.793. The molecule has 20 heavy (non-hydrogen) atoms. The van der Waals surface area contributed by atoms with Gasteiger partial charge in [-0.25, -0.2) is 9.37 Å². The third-order valence-electron chi connectivity index (χ3n) is 4.24. The minimum atomic E-state index is -0.714. The predicted octanol–water partition coefficient (Wildman–Crippen LogP) is 1.98. The Hall–Kier alpha value is -1.14. The van der Waals surface area contributed by atoms with Crippen molar-refractivity contribution in [1.29, 1.82) is 0 Å². The Labute approximate surface area is 120 Å². The van der Waals surface area contributed by atoms with E-state index in [-0.39, 0.29) is 5.82 Å². The van der Waals surface area contributed by atoms with E-state index in [1.807, 2.05) is 46.6 Å². The summed E-state index contributed by atoms with van der Waals surface area (Å²) in [5, 5.41) is 0. The van der Waals surface area contributed by atoms with Crippen LogP contribution in [0.3, 0.4) is 0 Å². The topological polar surface area (TPSA) is 34.6 Å². The molecule has 2 heterocycles. The maximum atomic E-state index is 14.3. The largest absolute Gasteiger partial charge is 0.499 e. The Morgan fingerprint density at radius 3 is 2.25 bits per heavy atom. The summed E-state index contributed by atoms with van der Waals surface area (Å²) in [6.45, 7) is 10.5. The molecule has 1 aliphatic heterocycles. The molecule has 0 radical (unpaired) electrons. The first-order valence-electron chi connectivity index (χ1n) is 6.90. The molecule has 1 fully saturated rings. The highest BCUT2D eigenvalue weighted by Gasteiger charge is 2.52. The highest BCUT2D eigenvalue weighted by molar-refractivity contribution is 6.62. The number of halogens is 1. The number of anilines is 1. The molecular formula is C14H22BFN2O2. The summed E-state index contributed by atoms with van der Waals surface area (Å²) in [5.74, 6) is 0.249. The zero-order chi connectivity index (χ0) is 15.1. The zero-order valence-electron chi connectivity index (χ0n) is 13.0. The number of hydrogen-bond acceptors (Lipinski definition) is 4. The van der Waals surface area contributed by atoms with E-state index in [2.05, 4.69) is 4.98 Å². The van der Waals surface area contributed by atoms with Gasteiger partial charge in [-0.05, 0) is 34.6 Å². The monoisotopic (exact) mass is 280 g/mol. The van der Waals surface area contributed by atoms with Crippen molar-refractivity contribution in [3.63, 3.8) is 0 Å². The number of nitrogens with zero attached hydrogens (tertiary/aromatic N) is 2. The minimum Gasteiger partial charge on any atom is -0.399 e. The van der Waals surface area contributed by atoms with E-state index in [0.717, 1.165) is 6.54 Å². The number of rotatable bonds is 3. The fraction of sp³-hybridized carbons (Fsp3) is 0.643. The third kappa shape index (κ3) is 2.54. The van der Waals surface area contributed by atoms with E-state index in [1.54, 1.807) is 0 Å². The molecule has 1 saturated heterocycles. The number of hydrogen-bond donors (Lipinski definition) is 0. The average Bonchev–Trinajstić information content (AvgIpc) is 2.57. The van der Waals surface area contributed by atoms with Crippen LogP contribution in [0.4, 0.5) is 10.2 Å². The van der Waals surface area contributed by atoms with Crippen LogP contribution in [-0.2, 0) is 9.31 Å². The van der Waals surface area contributed by atoms with Crippen LogP contribution in [0.5, 0.6) is 0 Å². The molecule has 6 heteroatoms. The summed E-state index contributed by atoms with van der Waals surface area (Å²) in [5.41, 5.74) is -0.622. The average molecular weight is 280 g/mol. The highest BCUT2D eigenvalue weighted by Crippen LogP contribution is 2.36. The summed E-state index contributed by atoms with van der Waals surface area (Å²) < 4.78 is 26.0. The molecule has 2 rings (SSSR count). The van der Waals surface area contributed by atoms with Crippen molar-refractivity contribution < 1.29 is 13.7 Å². The summed E-state index contributed by atoms with van der Waals surface area (Å²) in [4.78, 5) is 6.15. The Kier molecular flexibility index (Phi) is 3.82. The van der Waals surface area contributed by atoms with E-state index >= 15 is 0 Å². The Morgan fingerprint density at radius 2 is 1.80 bits per heavy atom. The van der Waals surface area contributed by atoms with E-state index < -0.39 is 18.3 Å². The van der Waals surface area contributed by atoms with Crippen LogP contribution in [-0.4, -0.2) is 36.9 Å². The van der Waals surface area contributed by atoms with Crippen molar-refractivity contribution in [1.82, 2.24) is 4.98 Å². The second-order valence-corrected chi connectivity index (χ2v) is 6.17. The standard InChI is InChI=1S/C14H22BFN2O2/c1-7-18(6)12-8-11(16)10(9-17-12)15-19-13(2,3)14(4,5)20-15/h8-9H,7H2,1-6H3. The van der Waals surface area contributed by atoms with E-state index in [9.17, 15) is 4.39 Å². The molecule has 1 aliphatic rings. The molecule has 0 unspecified atom stereocenters. The molecule has 1 aromatic heterocycles. The van der Waals surface area contributed by atoms with Gasteiger partial charge in [-0.15, -0.1) is 0 Å². The number of aromatic nitrogens is 1. The lowest BCUT2D eigenvalue weighted by molar-refractivity contribution is 0.00578. The molecule has 4 nitrogen and oxygen atoms in total.